The monoisotopic (exact) mass is 254 g/mol. The molecule has 1 atom stereocenters. The largest absolute Gasteiger partial charge is 0.313 e. The average molecular weight is 254 g/mol. The highest BCUT2D eigenvalue weighted by atomic mass is 19.1. The van der Waals surface area contributed by atoms with Gasteiger partial charge in [-0.2, -0.15) is 0 Å². The van der Waals surface area contributed by atoms with Crippen molar-refractivity contribution in [2.24, 2.45) is 0 Å². The molecule has 1 heterocycles. The van der Waals surface area contributed by atoms with Gasteiger partial charge in [-0.05, 0) is 31.5 Å². The molecule has 0 spiro atoms. The van der Waals surface area contributed by atoms with Gasteiger partial charge in [0.25, 0.3) is 0 Å². The van der Waals surface area contributed by atoms with Crippen molar-refractivity contribution in [2.45, 2.75) is 25.3 Å². The maximum absolute atomic E-state index is 13.5. The lowest BCUT2D eigenvalue weighted by atomic mass is 10.1. The lowest BCUT2D eigenvalue weighted by Crippen LogP contribution is -2.33. The van der Waals surface area contributed by atoms with E-state index in [9.17, 15) is 13.6 Å². The summed E-state index contributed by atoms with van der Waals surface area (Å²) in [6.07, 6.45) is 2.31. The third-order valence-corrected chi connectivity index (χ3v) is 3.23. The summed E-state index contributed by atoms with van der Waals surface area (Å²) in [5, 5.41) is 3.20. The molecule has 1 aromatic carbocycles. The summed E-state index contributed by atoms with van der Waals surface area (Å²) in [4.78, 5) is 13.1. The zero-order valence-corrected chi connectivity index (χ0v) is 10.2. The lowest BCUT2D eigenvalue weighted by Gasteiger charge is -2.20. The van der Waals surface area contributed by atoms with Crippen LogP contribution in [-0.2, 0) is 4.79 Å². The second kappa shape index (κ2) is 5.44. The Hall–Kier alpha value is -1.49. The number of hydrogen-bond acceptors (Lipinski definition) is 2. The standard InChI is InChI=1S/C13H16F2N2O/c1-17(12-7-9(14)4-5-11(12)15)13(18)8-10-3-2-6-16-10/h4-5,7,10,16H,2-3,6,8H2,1H3. The number of amides is 1. The lowest BCUT2D eigenvalue weighted by molar-refractivity contribution is -0.118. The molecule has 1 unspecified atom stereocenters. The molecule has 1 fully saturated rings. The van der Waals surface area contributed by atoms with E-state index in [-0.39, 0.29) is 17.6 Å². The smallest absolute Gasteiger partial charge is 0.228 e. The van der Waals surface area contributed by atoms with Crippen molar-refractivity contribution in [3.63, 3.8) is 0 Å². The molecule has 98 valence electrons. The molecule has 1 saturated heterocycles. The molecule has 0 aliphatic carbocycles. The first kappa shape index (κ1) is 13.0. The minimum absolute atomic E-state index is 0.0157. The molecular weight excluding hydrogens is 238 g/mol. The minimum Gasteiger partial charge on any atom is -0.313 e. The summed E-state index contributed by atoms with van der Waals surface area (Å²) in [5.41, 5.74) is -0.0157. The number of anilines is 1. The fraction of sp³-hybridized carbons (Fsp3) is 0.462. The second-order valence-electron chi connectivity index (χ2n) is 4.55. The van der Waals surface area contributed by atoms with Gasteiger partial charge in [-0.3, -0.25) is 4.79 Å². The van der Waals surface area contributed by atoms with Crippen LogP contribution in [0.15, 0.2) is 18.2 Å². The molecule has 3 nitrogen and oxygen atoms in total. The number of carbonyl (C=O) groups is 1. The third-order valence-electron chi connectivity index (χ3n) is 3.23. The number of benzene rings is 1. The molecule has 1 amide bonds. The van der Waals surface area contributed by atoms with Gasteiger partial charge < -0.3 is 10.2 Å². The Morgan fingerprint density at radius 3 is 2.94 bits per heavy atom. The first-order valence-corrected chi connectivity index (χ1v) is 6.03. The van der Waals surface area contributed by atoms with Crippen molar-refractivity contribution >= 4 is 11.6 Å². The fourth-order valence-electron chi connectivity index (χ4n) is 2.16. The molecule has 0 radical (unpaired) electrons. The fourth-order valence-corrected chi connectivity index (χ4v) is 2.16. The molecule has 1 aliphatic rings. The molecule has 1 aromatic rings. The minimum atomic E-state index is -0.591. The van der Waals surface area contributed by atoms with E-state index in [2.05, 4.69) is 5.32 Å². The molecule has 0 saturated carbocycles. The van der Waals surface area contributed by atoms with E-state index >= 15 is 0 Å². The highest BCUT2D eigenvalue weighted by Crippen LogP contribution is 2.21. The number of halogens is 2. The highest BCUT2D eigenvalue weighted by molar-refractivity contribution is 5.93. The molecule has 0 bridgehead atoms. The van der Waals surface area contributed by atoms with E-state index in [1.807, 2.05) is 0 Å². The Bertz CT molecular complexity index is 445. The predicted octanol–water partition coefficient (Wildman–Crippen LogP) is 2.07. The number of carbonyl (C=O) groups excluding carboxylic acids is 1. The Morgan fingerprint density at radius 2 is 2.28 bits per heavy atom. The Balaban J connectivity index is 2.07. The summed E-state index contributed by atoms with van der Waals surface area (Å²) in [7, 11) is 1.47. The Morgan fingerprint density at radius 1 is 1.50 bits per heavy atom. The van der Waals surface area contributed by atoms with Gasteiger partial charge in [0.2, 0.25) is 5.91 Å². The van der Waals surface area contributed by atoms with E-state index in [0.717, 1.165) is 37.6 Å². The van der Waals surface area contributed by atoms with Crippen LogP contribution in [0.4, 0.5) is 14.5 Å². The number of hydrogen-bond donors (Lipinski definition) is 1. The second-order valence-corrected chi connectivity index (χ2v) is 4.55. The van der Waals surface area contributed by atoms with Crippen LogP contribution in [0.25, 0.3) is 0 Å². The summed E-state index contributed by atoms with van der Waals surface area (Å²) in [5.74, 6) is -1.35. The number of nitrogens with zero attached hydrogens (tertiary/aromatic N) is 1. The van der Waals surface area contributed by atoms with Crippen molar-refractivity contribution < 1.29 is 13.6 Å². The van der Waals surface area contributed by atoms with Crippen LogP contribution in [0.5, 0.6) is 0 Å². The topological polar surface area (TPSA) is 32.3 Å². The van der Waals surface area contributed by atoms with Crippen molar-refractivity contribution in [1.29, 1.82) is 0 Å². The molecule has 1 aliphatic heterocycles. The first-order chi connectivity index (χ1) is 8.58. The van der Waals surface area contributed by atoms with Gasteiger partial charge in [0, 0.05) is 25.6 Å². The SMILES string of the molecule is CN(C(=O)CC1CCCN1)c1cc(F)ccc1F. The molecule has 5 heteroatoms. The van der Waals surface area contributed by atoms with Gasteiger partial charge in [-0.1, -0.05) is 0 Å². The molecule has 0 aromatic heterocycles. The molecule has 2 rings (SSSR count). The summed E-state index contributed by atoms with van der Waals surface area (Å²) in [6.45, 7) is 0.913. The normalized spacial score (nSPS) is 18.9. The molecule has 18 heavy (non-hydrogen) atoms. The van der Waals surface area contributed by atoms with Gasteiger partial charge >= 0.3 is 0 Å². The van der Waals surface area contributed by atoms with E-state index < -0.39 is 11.6 Å². The summed E-state index contributed by atoms with van der Waals surface area (Å²) in [6, 6.07) is 3.25. The Kier molecular flexibility index (Phi) is 3.91. The third kappa shape index (κ3) is 2.85. The zero-order chi connectivity index (χ0) is 13.1. The van der Waals surface area contributed by atoms with Gasteiger partial charge in [-0.15, -0.1) is 0 Å². The Labute approximate surface area is 105 Å². The number of nitrogens with one attached hydrogen (secondary N) is 1. The van der Waals surface area contributed by atoms with Crippen molar-refractivity contribution in [2.75, 3.05) is 18.5 Å². The van der Waals surface area contributed by atoms with Gasteiger partial charge in [0.1, 0.15) is 11.6 Å². The summed E-state index contributed by atoms with van der Waals surface area (Å²) < 4.78 is 26.6. The van der Waals surface area contributed by atoms with Crippen LogP contribution in [0.1, 0.15) is 19.3 Å². The van der Waals surface area contributed by atoms with Crippen molar-refractivity contribution in [3.05, 3.63) is 29.8 Å². The van der Waals surface area contributed by atoms with Crippen LogP contribution < -0.4 is 10.2 Å². The van der Waals surface area contributed by atoms with Crippen molar-refractivity contribution in [1.82, 2.24) is 5.32 Å². The van der Waals surface area contributed by atoms with Gasteiger partial charge in [0.15, 0.2) is 0 Å². The van der Waals surface area contributed by atoms with E-state index in [4.69, 9.17) is 0 Å². The van der Waals surface area contributed by atoms with Crippen molar-refractivity contribution in [3.8, 4) is 0 Å². The first-order valence-electron chi connectivity index (χ1n) is 6.03. The quantitative estimate of drug-likeness (QED) is 0.895. The molecule has 1 N–H and O–H groups in total. The highest BCUT2D eigenvalue weighted by Gasteiger charge is 2.22. The molecular formula is C13H16F2N2O. The zero-order valence-electron chi connectivity index (χ0n) is 10.2. The van der Waals surface area contributed by atoms with Gasteiger partial charge in [-0.25, -0.2) is 8.78 Å². The summed E-state index contributed by atoms with van der Waals surface area (Å²) >= 11 is 0. The van der Waals surface area contributed by atoms with Crippen LogP contribution >= 0.6 is 0 Å². The maximum Gasteiger partial charge on any atom is 0.228 e. The van der Waals surface area contributed by atoms with Crippen LogP contribution in [-0.4, -0.2) is 25.5 Å². The average Bonchev–Trinajstić information content (AvgIpc) is 2.84. The van der Waals surface area contributed by atoms with Gasteiger partial charge in [0.05, 0.1) is 5.69 Å². The number of rotatable bonds is 3. The predicted molar refractivity (Wildman–Crippen MR) is 65.4 cm³/mol. The van der Waals surface area contributed by atoms with Crippen LogP contribution in [0, 0.1) is 11.6 Å². The van der Waals surface area contributed by atoms with E-state index in [1.165, 1.54) is 11.9 Å². The van der Waals surface area contributed by atoms with Crippen LogP contribution in [0.3, 0.4) is 0 Å². The van der Waals surface area contributed by atoms with E-state index in [1.54, 1.807) is 0 Å². The van der Waals surface area contributed by atoms with Crippen LogP contribution in [0.2, 0.25) is 0 Å². The van der Waals surface area contributed by atoms with E-state index in [0.29, 0.717) is 6.42 Å². The maximum atomic E-state index is 13.5.